The summed E-state index contributed by atoms with van der Waals surface area (Å²) in [5.41, 5.74) is 3.84. The highest BCUT2D eigenvalue weighted by atomic mass is 15.4. The van der Waals surface area contributed by atoms with Crippen LogP contribution in [-0.2, 0) is 6.42 Å². The van der Waals surface area contributed by atoms with E-state index in [0.717, 1.165) is 30.9 Å². The van der Waals surface area contributed by atoms with E-state index in [2.05, 4.69) is 54.2 Å². The summed E-state index contributed by atoms with van der Waals surface area (Å²) in [7, 11) is 0. The van der Waals surface area contributed by atoms with Gasteiger partial charge in [-0.3, -0.25) is 0 Å². The van der Waals surface area contributed by atoms with Crippen molar-refractivity contribution in [2.45, 2.75) is 32.7 Å². The molecule has 3 rings (SSSR count). The molecule has 1 N–H and O–H groups in total. The van der Waals surface area contributed by atoms with Gasteiger partial charge in [0, 0.05) is 12.6 Å². The monoisotopic (exact) mass is 241 g/mol. The SMILES string of the molecule is CCc1cc2n(n1)C(c1cccc(C)c1)CCN2. The zero-order valence-corrected chi connectivity index (χ0v) is 11.0. The number of nitrogens with one attached hydrogen (secondary N) is 1. The summed E-state index contributed by atoms with van der Waals surface area (Å²) in [4.78, 5) is 0. The van der Waals surface area contributed by atoms with Crippen molar-refractivity contribution in [2.24, 2.45) is 0 Å². The lowest BCUT2D eigenvalue weighted by atomic mass is 10.0. The Labute approximate surface area is 108 Å². The van der Waals surface area contributed by atoms with Crippen LogP contribution in [0.15, 0.2) is 30.3 Å². The van der Waals surface area contributed by atoms with Crippen LogP contribution in [0.1, 0.15) is 36.2 Å². The first kappa shape index (κ1) is 11.3. The van der Waals surface area contributed by atoms with Gasteiger partial charge in [-0.2, -0.15) is 5.10 Å². The van der Waals surface area contributed by atoms with Gasteiger partial charge in [0.25, 0.3) is 0 Å². The average Bonchev–Trinajstić information content (AvgIpc) is 2.81. The summed E-state index contributed by atoms with van der Waals surface area (Å²) in [6.07, 6.45) is 2.09. The Kier molecular flexibility index (Phi) is 2.82. The zero-order valence-electron chi connectivity index (χ0n) is 11.0. The molecule has 2 aromatic rings. The highest BCUT2D eigenvalue weighted by Gasteiger charge is 2.22. The fraction of sp³-hybridized carbons (Fsp3) is 0.400. The van der Waals surface area contributed by atoms with Crippen molar-refractivity contribution in [1.82, 2.24) is 9.78 Å². The lowest BCUT2D eigenvalue weighted by Crippen LogP contribution is -2.24. The number of hydrogen-bond donors (Lipinski definition) is 1. The van der Waals surface area contributed by atoms with Crippen LogP contribution < -0.4 is 5.32 Å². The van der Waals surface area contributed by atoms with Gasteiger partial charge < -0.3 is 5.32 Å². The largest absolute Gasteiger partial charge is 0.370 e. The number of fused-ring (bicyclic) bond motifs is 1. The van der Waals surface area contributed by atoms with Crippen molar-refractivity contribution >= 4 is 5.82 Å². The molecule has 1 unspecified atom stereocenters. The van der Waals surface area contributed by atoms with Crippen molar-refractivity contribution in [1.29, 1.82) is 0 Å². The van der Waals surface area contributed by atoms with Gasteiger partial charge in [0.15, 0.2) is 0 Å². The maximum atomic E-state index is 4.71. The smallest absolute Gasteiger partial charge is 0.125 e. The van der Waals surface area contributed by atoms with Gasteiger partial charge in [-0.15, -0.1) is 0 Å². The quantitative estimate of drug-likeness (QED) is 0.875. The van der Waals surface area contributed by atoms with Gasteiger partial charge in [-0.05, 0) is 25.3 Å². The Balaban J connectivity index is 2.02. The number of anilines is 1. The highest BCUT2D eigenvalue weighted by Crippen LogP contribution is 2.30. The minimum Gasteiger partial charge on any atom is -0.370 e. The fourth-order valence-corrected chi connectivity index (χ4v) is 2.63. The topological polar surface area (TPSA) is 29.9 Å². The normalized spacial score (nSPS) is 18.2. The molecule has 0 bridgehead atoms. The van der Waals surface area contributed by atoms with E-state index in [1.165, 1.54) is 11.1 Å². The van der Waals surface area contributed by atoms with Crippen molar-refractivity contribution in [3.05, 3.63) is 47.2 Å². The summed E-state index contributed by atoms with van der Waals surface area (Å²) < 4.78 is 2.15. The van der Waals surface area contributed by atoms with Crippen LogP contribution in [0.3, 0.4) is 0 Å². The molecule has 0 saturated carbocycles. The van der Waals surface area contributed by atoms with E-state index in [1.54, 1.807) is 0 Å². The van der Waals surface area contributed by atoms with E-state index >= 15 is 0 Å². The van der Waals surface area contributed by atoms with E-state index in [9.17, 15) is 0 Å². The van der Waals surface area contributed by atoms with E-state index in [4.69, 9.17) is 5.10 Å². The summed E-state index contributed by atoms with van der Waals surface area (Å²) in [5, 5.41) is 8.14. The maximum Gasteiger partial charge on any atom is 0.125 e. The predicted molar refractivity (Wildman–Crippen MR) is 74.0 cm³/mol. The lowest BCUT2D eigenvalue weighted by molar-refractivity contribution is 0.478. The fourth-order valence-electron chi connectivity index (χ4n) is 2.63. The molecule has 2 heterocycles. The van der Waals surface area contributed by atoms with Crippen molar-refractivity contribution in [2.75, 3.05) is 11.9 Å². The molecular formula is C15H19N3. The van der Waals surface area contributed by atoms with E-state index in [0.29, 0.717) is 6.04 Å². The molecule has 18 heavy (non-hydrogen) atoms. The molecule has 0 amide bonds. The predicted octanol–water partition coefficient (Wildman–Crippen LogP) is 3.16. The summed E-state index contributed by atoms with van der Waals surface area (Å²) in [6, 6.07) is 11.3. The third-order valence-electron chi connectivity index (χ3n) is 3.59. The second-order valence-corrected chi connectivity index (χ2v) is 4.96. The summed E-state index contributed by atoms with van der Waals surface area (Å²) in [5.74, 6) is 1.16. The van der Waals surface area contributed by atoms with Gasteiger partial charge in [-0.1, -0.05) is 36.8 Å². The van der Waals surface area contributed by atoms with Crippen molar-refractivity contribution in [3.63, 3.8) is 0 Å². The molecular weight excluding hydrogens is 222 g/mol. The number of rotatable bonds is 2. The minimum atomic E-state index is 0.376. The molecule has 0 spiro atoms. The van der Waals surface area contributed by atoms with Gasteiger partial charge in [0.1, 0.15) is 5.82 Å². The average molecular weight is 241 g/mol. The van der Waals surface area contributed by atoms with Crippen molar-refractivity contribution in [3.8, 4) is 0 Å². The van der Waals surface area contributed by atoms with Gasteiger partial charge in [0.05, 0.1) is 11.7 Å². The third-order valence-corrected chi connectivity index (χ3v) is 3.59. The zero-order chi connectivity index (χ0) is 12.5. The Morgan fingerprint density at radius 3 is 3.06 bits per heavy atom. The van der Waals surface area contributed by atoms with Crippen LogP contribution in [0.5, 0.6) is 0 Å². The van der Waals surface area contributed by atoms with Crippen LogP contribution in [0, 0.1) is 6.92 Å². The molecule has 1 aliphatic heterocycles. The Bertz CT molecular complexity index is 557. The lowest BCUT2D eigenvalue weighted by Gasteiger charge is -2.26. The number of benzene rings is 1. The molecule has 3 nitrogen and oxygen atoms in total. The van der Waals surface area contributed by atoms with E-state index < -0.39 is 0 Å². The third kappa shape index (κ3) is 1.90. The first-order valence-corrected chi connectivity index (χ1v) is 6.67. The first-order valence-electron chi connectivity index (χ1n) is 6.67. The van der Waals surface area contributed by atoms with Crippen LogP contribution in [-0.4, -0.2) is 16.3 Å². The number of aromatic nitrogens is 2. The molecule has 0 aliphatic carbocycles. The standard InChI is InChI=1S/C15H19N3/c1-3-13-10-15-16-8-7-14(18(15)17-13)12-6-4-5-11(2)9-12/h4-6,9-10,14,16H,3,7-8H2,1-2H3. The number of nitrogens with zero attached hydrogens (tertiary/aromatic N) is 2. The summed E-state index contributed by atoms with van der Waals surface area (Å²) in [6.45, 7) is 5.32. The second-order valence-electron chi connectivity index (χ2n) is 4.96. The van der Waals surface area contributed by atoms with Gasteiger partial charge >= 0.3 is 0 Å². The number of hydrogen-bond acceptors (Lipinski definition) is 2. The molecule has 94 valence electrons. The van der Waals surface area contributed by atoms with E-state index in [1.807, 2.05) is 0 Å². The van der Waals surface area contributed by atoms with Crippen molar-refractivity contribution < 1.29 is 0 Å². The maximum absolute atomic E-state index is 4.71. The van der Waals surface area contributed by atoms with Crippen LogP contribution >= 0.6 is 0 Å². The van der Waals surface area contributed by atoms with Gasteiger partial charge in [0.2, 0.25) is 0 Å². The molecule has 1 atom stereocenters. The molecule has 0 fully saturated rings. The molecule has 0 radical (unpaired) electrons. The first-order chi connectivity index (χ1) is 8.78. The van der Waals surface area contributed by atoms with Crippen LogP contribution in [0.2, 0.25) is 0 Å². The van der Waals surface area contributed by atoms with Crippen LogP contribution in [0.25, 0.3) is 0 Å². The Morgan fingerprint density at radius 1 is 1.39 bits per heavy atom. The Morgan fingerprint density at radius 2 is 2.28 bits per heavy atom. The summed E-state index contributed by atoms with van der Waals surface area (Å²) >= 11 is 0. The molecule has 3 heteroatoms. The highest BCUT2D eigenvalue weighted by molar-refractivity contribution is 5.41. The van der Waals surface area contributed by atoms with Crippen LogP contribution in [0.4, 0.5) is 5.82 Å². The number of aryl methyl sites for hydroxylation is 2. The Hall–Kier alpha value is -1.77. The van der Waals surface area contributed by atoms with Gasteiger partial charge in [-0.25, -0.2) is 4.68 Å². The molecule has 1 aliphatic rings. The molecule has 1 aromatic heterocycles. The second kappa shape index (κ2) is 4.48. The molecule has 1 aromatic carbocycles. The molecule has 0 saturated heterocycles. The minimum absolute atomic E-state index is 0.376. The van der Waals surface area contributed by atoms with E-state index in [-0.39, 0.29) is 0 Å².